The summed E-state index contributed by atoms with van der Waals surface area (Å²) < 4.78 is 33.4. The van der Waals surface area contributed by atoms with E-state index in [1.54, 1.807) is 4.90 Å². The van der Waals surface area contributed by atoms with Crippen LogP contribution in [0.15, 0.2) is 72.8 Å². The first-order valence-electron chi connectivity index (χ1n) is 22.8. The van der Waals surface area contributed by atoms with Crippen LogP contribution in [0, 0.1) is 11.6 Å². The van der Waals surface area contributed by atoms with Crippen LogP contribution in [-0.4, -0.2) is 119 Å². The van der Waals surface area contributed by atoms with Crippen molar-refractivity contribution in [3.05, 3.63) is 118 Å². The number of halogens is 2. The topological polar surface area (TPSA) is 155 Å². The first-order valence-corrected chi connectivity index (χ1v) is 22.8. The molecular formula is C49H53F2N9O5. The van der Waals surface area contributed by atoms with E-state index in [0.717, 1.165) is 111 Å². The number of benzene rings is 4. The van der Waals surface area contributed by atoms with Gasteiger partial charge in [-0.1, -0.05) is 18.2 Å². The van der Waals surface area contributed by atoms with Gasteiger partial charge in [-0.3, -0.25) is 39.4 Å². The molecule has 0 radical (unpaired) electrons. The van der Waals surface area contributed by atoms with Crippen molar-refractivity contribution in [3.63, 3.8) is 0 Å². The number of nitrogens with zero attached hydrogens (tertiary/aromatic N) is 5. The molecule has 14 nitrogen and oxygen atoms in total. The number of hydrogen-bond donors (Lipinski definition) is 4. The van der Waals surface area contributed by atoms with E-state index >= 15 is 0 Å². The SMILES string of the molecule is O=C1CCC(N2Cc3cc(CN4CCC(N5CCN(c6ccc(C(=O)Nc7n[nH]c8ccc(Cc9cc(F)cc(F)c9)cc78)c(NC7CCOCC7)c6)CC5)CC4)ccc3C2=O)C(=O)N1. The lowest BCUT2D eigenvalue weighted by Crippen LogP contribution is -2.53. The maximum Gasteiger partial charge on any atom is 0.258 e. The van der Waals surface area contributed by atoms with Crippen LogP contribution < -0.4 is 20.9 Å². The summed E-state index contributed by atoms with van der Waals surface area (Å²) in [5.74, 6) is -2.00. The monoisotopic (exact) mass is 885 g/mol. The minimum Gasteiger partial charge on any atom is -0.381 e. The van der Waals surface area contributed by atoms with Crippen LogP contribution in [0.25, 0.3) is 10.9 Å². The summed E-state index contributed by atoms with van der Waals surface area (Å²) in [5.41, 5.74) is 7.13. The van der Waals surface area contributed by atoms with Gasteiger partial charge in [0, 0.05) is 99.4 Å². The number of piperazine rings is 1. The molecule has 4 N–H and O–H groups in total. The fraction of sp³-hybridized carbons (Fsp3) is 0.408. The molecule has 1 atom stereocenters. The Morgan fingerprint density at radius 2 is 1.57 bits per heavy atom. The molecular weight excluding hydrogens is 833 g/mol. The number of amides is 4. The lowest BCUT2D eigenvalue weighted by Gasteiger charge is -2.43. The molecule has 4 saturated heterocycles. The summed E-state index contributed by atoms with van der Waals surface area (Å²) >= 11 is 0. The second kappa shape index (κ2) is 18.3. The lowest BCUT2D eigenvalue weighted by molar-refractivity contribution is -0.136. The Morgan fingerprint density at radius 1 is 0.800 bits per heavy atom. The number of nitrogens with one attached hydrogen (secondary N) is 4. The number of hydrogen-bond acceptors (Lipinski definition) is 10. The summed E-state index contributed by atoms with van der Waals surface area (Å²) in [4.78, 5) is 60.5. The zero-order valence-electron chi connectivity index (χ0n) is 36.2. The number of ether oxygens (including phenoxy) is 1. The molecule has 1 unspecified atom stereocenters. The largest absolute Gasteiger partial charge is 0.381 e. The van der Waals surface area contributed by atoms with Crippen molar-refractivity contribution in [2.24, 2.45) is 0 Å². The molecule has 1 aromatic heterocycles. The fourth-order valence-electron chi connectivity index (χ4n) is 10.3. The lowest BCUT2D eigenvalue weighted by atomic mass is 10.0. The van der Waals surface area contributed by atoms with Crippen LogP contribution in [0.4, 0.5) is 26.0 Å². The average Bonchev–Trinajstić information content (AvgIpc) is 3.85. The smallest absolute Gasteiger partial charge is 0.258 e. The molecule has 5 aliphatic rings. The molecule has 5 aromatic rings. The minimum atomic E-state index is -0.626. The van der Waals surface area contributed by atoms with Crippen molar-refractivity contribution in [2.45, 2.75) is 76.2 Å². The Morgan fingerprint density at radius 3 is 2.34 bits per heavy atom. The van der Waals surface area contributed by atoms with Gasteiger partial charge in [0.25, 0.3) is 11.8 Å². The maximum atomic E-state index is 14.1. The number of aromatic amines is 1. The highest BCUT2D eigenvalue weighted by Crippen LogP contribution is 2.32. The first kappa shape index (κ1) is 42.7. The van der Waals surface area contributed by atoms with Gasteiger partial charge in [0.15, 0.2) is 5.82 Å². The van der Waals surface area contributed by atoms with Crippen LogP contribution in [0.2, 0.25) is 0 Å². The van der Waals surface area contributed by atoms with Gasteiger partial charge in [-0.15, -0.1) is 0 Å². The molecule has 338 valence electrons. The highest BCUT2D eigenvalue weighted by Gasteiger charge is 2.39. The van der Waals surface area contributed by atoms with Gasteiger partial charge in [-0.25, -0.2) is 8.78 Å². The molecule has 0 aliphatic carbocycles. The summed E-state index contributed by atoms with van der Waals surface area (Å²) in [7, 11) is 0. The number of carbonyl (C=O) groups excluding carboxylic acids is 4. The number of aromatic nitrogens is 2. The zero-order chi connectivity index (χ0) is 44.6. The maximum absolute atomic E-state index is 14.1. The molecule has 6 heterocycles. The third kappa shape index (κ3) is 9.33. The Labute approximate surface area is 375 Å². The van der Waals surface area contributed by atoms with Crippen molar-refractivity contribution in [3.8, 4) is 0 Å². The van der Waals surface area contributed by atoms with Crippen molar-refractivity contribution < 1.29 is 32.7 Å². The van der Waals surface area contributed by atoms with Crippen LogP contribution in [0.3, 0.4) is 0 Å². The van der Waals surface area contributed by atoms with Crippen LogP contribution in [0.5, 0.6) is 0 Å². The number of anilines is 3. The van der Waals surface area contributed by atoms with Gasteiger partial charge in [0.05, 0.1) is 11.1 Å². The highest BCUT2D eigenvalue weighted by atomic mass is 19.1. The predicted octanol–water partition coefficient (Wildman–Crippen LogP) is 5.82. The van der Waals surface area contributed by atoms with Crippen molar-refractivity contribution in [1.29, 1.82) is 0 Å². The molecule has 0 saturated carbocycles. The third-order valence-corrected chi connectivity index (χ3v) is 13.8. The molecule has 65 heavy (non-hydrogen) atoms. The van der Waals surface area contributed by atoms with E-state index in [0.29, 0.717) is 66.5 Å². The minimum absolute atomic E-state index is 0.146. The molecule has 4 aromatic carbocycles. The van der Waals surface area contributed by atoms with Crippen molar-refractivity contribution in [1.82, 2.24) is 30.2 Å². The van der Waals surface area contributed by atoms with Crippen molar-refractivity contribution >= 4 is 51.7 Å². The van der Waals surface area contributed by atoms with E-state index in [-0.39, 0.29) is 30.2 Å². The van der Waals surface area contributed by atoms with Gasteiger partial charge >= 0.3 is 0 Å². The normalized spacial score (nSPS) is 20.3. The number of imide groups is 1. The standard InChI is InChI=1S/C49H53F2N9O5/c50-34-23-32(24-35(51)26-34)21-30-2-6-42-41(25-30)46(56-55-42)54-47(62)40-5-3-38(27-43(40)52-36-11-19-65-20-12-36)59-17-15-58(16-18-59)37-9-13-57(14-10-37)28-31-1-4-39-33(22-31)29-60(49(39)64)44-7-8-45(61)53-48(44)63/h1-6,22-27,36-37,44,52H,7-21,28-29H2,(H,53,61,63)(H2,54,55,56,62). The summed E-state index contributed by atoms with van der Waals surface area (Å²) in [6, 6.07) is 21.2. The predicted molar refractivity (Wildman–Crippen MR) is 242 cm³/mol. The number of piperidine rings is 2. The van der Waals surface area contributed by atoms with Crippen LogP contribution in [-0.2, 0) is 33.8 Å². The number of carbonyl (C=O) groups is 4. The number of H-pyrrole nitrogens is 1. The van der Waals surface area contributed by atoms with Gasteiger partial charge in [-0.05, 0) is 122 Å². The van der Waals surface area contributed by atoms with E-state index in [4.69, 9.17) is 4.74 Å². The molecule has 4 amide bonds. The van der Waals surface area contributed by atoms with Crippen LogP contribution in [0.1, 0.15) is 81.5 Å². The highest BCUT2D eigenvalue weighted by molar-refractivity contribution is 6.11. The van der Waals surface area contributed by atoms with E-state index in [2.05, 4.69) is 53.0 Å². The van der Waals surface area contributed by atoms with Gasteiger partial charge in [-0.2, -0.15) is 5.10 Å². The van der Waals surface area contributed by atoms with E-state index in [1.807, 2.05) is 42.5 Å². The average molecular weight is 886 g/mol. The Hall–Kier alpha value is -6.23. The molecule has 0 bridgehead atoms. The van der Waals surface area contributed by atoms with Gasteiger partial charge in [0.2, 0.25) is 11.8 Å². The van der Waals surface area contributed by atoms with E-state index in [1.165, 1.54) is 12.1 Å². The van der Waals surface area contributed by atoms with E-state index < -0.39 is 23.6 Å². The third-order valence-electron chi connectivity index (χ3n) is 13.8. The number of rotatable bonds is 11. The number of fused-ring (bicyclic) bond motifs is 2. The number of likely N-dealkylation sites (tertiary alicyclic amines) is 1. The Balaban J connectivity index is 0.754. The van der Waals surface area contributed by atoms with Crippen molar-refractivity contribution in [2.75, 3.05) is 68.0 Å². The zero-order valence-corrected chi connectivity index (χ0v) is 36.2. The van der Waals surface area contributed by atoms with Crippen LogP contribution >= 0.6 is 0 Å². The molecule has 10 rings (SSSR count). The molecule has 16 heteroatoms. The summed E-state index contributed by atoms with van der Waals surface area (Å²) in [6.45, 7) is 8.11. The van der Waals surface area contributed by atoms with Gasteiger partial charge in [0.1, 0.15) is 17.7 Å². The first-order chi connectivity index (χ1) is 31.6. The van der Waals surface area contributed by atoms with E-state index in [9.17, 15) is 28.0 Å². The quantitative estimate of drug-likeness (QED) is 0.119. The summed E-state index contributed by atoms with van der Waals surface area (Å²) in [6.07, 6.45) is 4.74. The molecule has 4 fully saturated rings. The second-order valence-corrected chi connectivity index (χ2v) is 18.0. The summed E-state index contributed by atoms with van der Waals surface area (Å²) in [5, 5.41) is 17.2. The Bertz CT molecular complexity index is 2610. The molecule has 5 aliphatic heterocycles. The molecule has 0 spiro atoms. The second-order valence-electron chi connectivity index (χ2n) is 18.0. The van der Waals surface area contributed by atoms with Gasteiger partial charge < -0.3 is 25.2 Å². The Kier molecular flexibility index (Phi) is 12.0. The fourth-order valence-corrected chi connectivity index (χ4v) is 10.3.